The van der Waals surface area contributed by atoms with Crippen LogP contribution < -0.4 is 0 Å². The van der Waals surface area contributed by atoms with Gasteiger partial charge in [-0.15, -0.1) is 0 Å². The highest BCUT2D eigenvalue weighted by atomic mass is 15.1. The van der Waals surface area contributed by atoms with Crippen LogP contribution in [-0.4, -0.2) is 39.0 Å². The highest BCUT2D eigenvalue weighted by Gasteiger charge is 2.18. The monoisotopic (exact) mass is 718 g/mol. The van der Waals surface area contributed by atoms with E-state index in [9.17, 15) is 0 Å². The fraction of sp³-hybridized carbons (Fsp3) is 0. The predicted octanol–water partition coefficient (Wildman–Crippen LogP) is 10.9. The Morgan fingerprint density at radius 2 is 0.875 bits per heavy atom. The molecule has 0 spiro atoms. The molecular formula is C48H30N8. The molecule has 0 aliphatic heterocycles. The zero-order chi connectivity index (χ0) is 37.0. The number of rotatable bonds is 6. The van der Waals surface area contributed by atoms with E-state index >= 15 is 0 Å². The normalized spacial score (nSPS) is 11.6. The van der Waals surface area contributed by atoms with Crippen molar-refractivity contribution in [3.63, 3.8) is 0 Å². The first-order valence-corrected chi connectivity index (χ1v) is 18.4. The van der Waals surface area contributed by atoms with E-state index in [2.05, 4.69) is 127 Å². The molecule has 0 N–H and O–H groups in total. The number of pyridine rings is 6. The third-order valence-electron chi connectivity index (χ3n) is 10.5. The number of hydrogen-bond donors (Lipinski definition) is 0. The van der Waals surface area contributed by atoms with Gasteiger partial charge in [-0.05, 0) is 107 Å². The summed E-state index contributed by atoms with van der Waals surface area (Å²) in [7, 11) is 0. The van der Waals surface area contributed by atoms with E-state index in [0.717, 1.165) is 94.8 Å². The number of fused-ring (bicyclic) bond motifs is 6. The van der Waals surface area contributed by atoms with Crippen LogP contribution in [0.15, 0.2) is 183 Å². The third-order valence-corrected chi connectivity index (χ3v) is 10.5. The highest BCUT2D eigenvalue weighted by Crippen LogP contribution is 2.37. The first-order valence-electron chi connectivity index (χ1n) is 18.4. The Labute approximate surface area is 321 Å². The second-order valence-corrected chi connectivity index (χ2v) is 13.7. The topological polar surface area (TPSA) is 87.2 Å². The second kappa shape index (κ2) is 12.9. The van der Waals surface area contributed by atoms with Gasteiger partial charge in [0.1, 0.15) is 5.82 Å². The molecule has 8 nitrogen and oxygen atoms in total. The molecular weight excluding hydrogens is 689 g/mol. The first kappa shape index (κ1) is 31.7. The van der Waals surface area contributed by atoms with Crippen LogP contribution in [0.1, 0.15) is 0 Å². The van der Waals surface area contributed by atoms with Crippen molar-refractivity contribution in [2.24, 2.45) is 0 Å². The van der Waals surface area contributed by atoms with Crippen molar-refractivity contribution in [3.05, 3.63) is 183 Å². The average Bonchev–Trinajstić information content (AvgIpc) is 3.80. The summed E-state index contributed by atoms with van der Waals surface area (Å²) in [6.45, 7) is 0. The van der Waals surface area contributed by atoms with Crippen LogP contribution in [-0.2, 0) is 0 Å². The van der Waals surface area contributed by atoms with E-state index in [-0.39, 0.29) is 0 Å². The van der Waals surface area contributed by atoms with Crippen LogP contribution in [0.4, 0.5) is 0 Å². The summed E-state index contributed by atoms with van der Waals surface area (Å²) >= 11 is 0. The number of nitrogens with zero attached hydrogens (tertiary/aromatic N) is 8. The van der Waals surface area contributed by atoms with Crippen LogP contribution in [0.3, 0.4) is 0 Å². The largest absolute Gasteiger partial charge is 0.309 e. The maximum atomic E-state index is 5.38. The number of benzene rings is 3. The minimum atomic E-state index is 0.738. The Bertz CT molecular complexity index is 3140. The van der Waals surface area contributed by atoms with Gasteiger partial charge < -0.3 is 4.57 Å². The molecule has 0 bridgehead atoms. The zero-order valence-corrected chi connectivity index (χ0v) is 29.9. The number of hydrogen-bond acceptors (Lipinski definition) is 6. The molecule has 11 aromatic rings. The van der Waals surface area contributed by atoms with Crippen LogP contribution in [0.2, 0.25) is 0 Å². The standard InChI is InChI=1S/C48H30N8/c1-3-10-44-36(7-1)38-29-50-23-18-46(38)55(44)35-14-12-31(13-15-35)33-25-41(40-9-5-6-20-52-40)53-42(26-33)43-27-34(32-16-21-49-22-17-32)28-48(54-43)56-45-11-4-2-8-37(45)39-30-51-24-19-47(39)56/h1-30H. The second-order valence-electron chi connectivity index (χ2n) is 13.7. The number of para-hydroxylation sites is 2. The molecule has 262 valence electrons. The van der Waals surface area contributed by atoms with Crippen LogP contribution in [0.5, 0.6) is 0 Å². The van der Waals surface area contributed by atoms with Crippen LogP contribution >= 0.6 is 0 Å². The number of aromatic nitrogens is 8. The molecule has 0 fully saturated rings. The SMILES string of the molecule is c1ccc(-c2cc(-c3ccc(-n4c5ccccc5c5cnccc54)cc3)cc(-c3cc(-c4ccncc4)cc(-n4c5ccccc5c5cnccc54)n3)n2)nc1. The summed E-state index contributed by atoms with van der Waals surface area (Å²) in [5.41, 5.74) is 12.5. The van der Waals surface area contributed by atoms with Gasteiger partial charge in [-0.1, -0.05) is 54.6 Å². The van der Waals surface area contributed by atoms with Gasteiger partial charge in [-0.25, -0.2) is 9.97 Å². The summed E-state index contributed by atoms with van der Waals surface area (Å²) < 4.78 is 4.52. The maximum absolute atomic E-state index is 5.38. The Morgan fingerprint density at radius 1 is 0.339 bits per heavy atom. The first-order chi connectivity index (χ1) is 27.8. The molecule has 0 saturated heterocycles. The highest BCUT2D eigenvalue weighted by molar-refractivity contribution is 6.09. The van der Waals surface area contributed by atoms with Crippen molar-refractivity contribution in [2.75, 3.05) is 0 Å². The van der Waals surface area contributed by atoms with Gasteiger partial charge in [0.05, 0.1) is 44.8 Å². The smallest absolute Gasteiger partial charge is 0.138 e. The Kier molecular flexibility index (Phi) is 7.31. The van der Waals surface area contributed by atoms with Crippen LogP contribution in [0.25, 0.3) is 100 Å². The fourth-order valence-electron chi connectivity index (χ4n) is 7.91. The third kappa shape index (κ3) is 5.23. The zero-order valence-electron chi connectivity index (χ0n) is 29.9. The molecule has 0 aliphatic rings. The minimum absolute atomic E-state index is 0.738. The van der Waals surface area contributed by atoms with Crippen LogP contribution in [0, 0.1) is 0 Å². The Hall–Kier alpha value is -7.84. The lowest BCUT2D eigenvalue weighted by atomic mass is 10.0. The van der Waals surface area contributed by atoms with E-state index in [0.29, 0.717) is 0 Å². The molecule has 0 saturated carbocycles. The van der Waals surface area contributed by atoms with E-state index < -0.39 is 0 Å². The van der Waals surface area contributed by atoms with Crippen molar-refractivity contribution >= 4 is 43.6 Å². The molecule has 0 amide bonds. The van der Waals surface area contributed by atoms with Crippen molar-refractivity contribution in [2.45, 2.75) is 0 Å². The summed E-state index contributed by atoms with van der Waals surface area (Å²) in [5, 5.41) is 4.49. The summed E-state index contributed by atoms with van der Waals surface area (Å²) in [5.74, 6) is 0.782. The summed E-state index contributed by atoms with van der Waals surface area (Å²) in [6, 6.07) is 48.2. The fourth-order valence-corrected chi connectivity index (χ4v) is 7.91. The van der Waals surface area contributed by atoms with E-state index in [1.807, 2.05) is 73.6 Å². The summed E-state index contributed by atoms with van der Waals surface area (Å²) in [6.07, 6.45) is 13.0. The van der Waals surface area contributed by atoms with Gasteiger partial charge in [-0.2, -0.15) is 0 Å². The van der Waals surface area contributed by atoms with E-state index in [4.69, 9.17) is 15.0 Å². The lowest BCUT2D eigenvalue weighted by Gasteiger charge is -2.14. The van der Waals surface area contributed by atoms with Crippen molar-refractivity contribution < 1.29 is 0 Å². The van der Waals surface area contributed by atoms with E-state index in [1.54, 1.807) is 6.20 Å². The average molecular weight is 719 g/mol. The molecule has 8 heterocycles. The quantitative estimate of drug-likeness (QED) is 0.170. The molecule has 0 unspecified atom stereocenters. The van der Waals surface area contributed by atoms with E-state index in [1.165, 1.54) is 5.39 Å². The molecule has 0 atom stereocenters. The predicted molar refractivity (Wildman–Crippen MR) is 224 cm³/mol. The lowest BCUT2D eigenvalue weighted by Crippen LogP contribution is -2.01. The van der Waals surface area contributed by atoms with Gasteiger partial charge in [0.2, 0.25) is 0 Å². The maximum Gasteiger partial charge on any atom is 0.138 e. The van der Waals surface area contributed by atoms with Gasteiger partial charge in [0.15, 0.2) is 0 Å². The summed E-state index contributed by atoms with van der Waals surface area (Å²) in [4.78, 5) is 28.5. The lowest BCUT2D eigenvalue weighted by molar-refractivity contribution is 1.08. The van der Waals surface area contributed by atoms with Crippen molar-refractivity contribution in [1.29, 1.82) is 0 Å². The van der Waals surface area contributed by atoms with Gasteiger partial charge in [-0.3, -0.25) is 24.5 Å². The molecule has 11 rings (SSSR count). The van der Waals surface area contributed by atoms with Crippen molar-refractivity contribution in [3.8, 4) is 56.5 Å². The molecule has 3 aromatic carbocycles. The van der Waals surface area contributed by atoms with Gasteiger partial charge in [0.25, 0.3) is 0 Å². The molecule has 0 radical (unpaired) electrons. The molecule has 8 aromatic heterocycles. The van der Waals surface area contributed by atoms with Gasteiger partial charge in [0, 0.05) is 70.6 Å². The minimum Gasteiger partial charge on any atom is -0.309 e. The van der Waals surface area contributed by atoms with Crippen molar-refractivity contribution in [1.82, 2.24) is 39.0 Å². The van der Waals surface area contributed by atoms with Gasteiger partial charge >= 0.3 is 0 Å². The Morgan fingerprint density at radius 3 is 1.55 bits per heavy atom. The Balaban J connectivity index is 1.11. The molecule has 0 aliphatic carbocycles. The molecule has 8 heteroatoms. The molecule has 56 heavy (non-hydrogen) atoms.